The van der Waals surface area contributed by atoms with Gasteiger partial charge in [0.1, 0.15) is 5.82 Å². The second-order valence-electron chi connectivity index (χ2n) is 5.84. The number of nitrogens with one attached hydrogen (secondary N) is 2. The van der Waals surface area contributed by atoms with Crippen molar-refractivity contribution in [2.24, 2.45) is 4.99 Å². The van der Waals surface area contributed by atoms with Gasteiger partial charge in [-0.05, 0) is 44.0 Å². The molecule has 0 saturated carbocycles. The van der Waals surface area contributed by atoms with Crippen LogP contribution in [0.2, 0.25) is 0 Å². The molecule has 0 bridgehead atoms. The third kappa shape index (κ3) is 5.99. The van der Waals surface area contributed by atoms with Crippen molar-refractivity contribution in [1.82, 2.24) is 10.6 Å². The number of halogens is 2. The first kappa shape index (κ1) is 21.9. The summed E-state index contributed by atoms with van der Waals surface area (Å²) < 4.78 is 14.0. The second kappa shape index (κ2) is 10.8. The van der Waals surface area contributed by atoms with E-state index in [4.69, 9.17) is 5.26 Å². The van der Waals surface area contributed by atoms with Gasteiger partial charge >= 0.3 is 0 Å². The molecule has 1 atom stereocenters. The molecule has 0 aliphatic rings. The first-order chi connectivity index (χ1) is 12.0. The van der Waals surface area contributed by atoms with Crippen LogP contribution in [0.15, 0.2) is 47.5 Å². The van der Waals surface area contributed by atoms with E-state index < -0.39 is 5.82 Å². The van der Waals surface area contributed by atoms with E-state index in [1.165, 1.54) is 17.2 Å². The van der Waals surface area contributed by atoms with Gasteiger partial charge in [0, 0.05) is 12.1 Å². The van der Waals surface area contributed by atoms with E-state index in [2.05, 4.69) is 41.6 Å². The molecule has 138 valence electrons. The summed E-state index contributed by atoms with van der Waals surface area (Å²) in [5.41, 5.74) is 3.16. The Morgan fingerprint density at radius 2 is 2.00 bits per heavy atom. The van der Waals surface area contributed by atoms with Crippen molar-refractivity contribution >= 4 is 29.9 Å². The van der Waals surface area contributed by atoms with Gasteiger partial charge in [-0.15, -0.1) is 24.0 Å². The molecule has 2 aromatic carbocycles. The summed E-state index contributed by atoms with van der Waals surface area (Å²) in [4.78, 5) is 4.47. The van der Waals surface area contributed by atoms with Gasteiger partial charge in [0.05, 0.1) is 24.2 Å². The highest BCUT2D eigenvalue weighted by Crippen LogP contribution is 2.16. The molecule has 1 unspecified atom stereocenters. The van der Waals surface area contributed by atoms with Crippen molar-refractivity contribution in [2.45, 2.75) is 33.4 Å². The monoisotopic (exact) mass is 466 g/mol. The molecule has 0 amide bonds. The summed E-state index contributed by atoms with van der Waals surface area (Å²) in [5.74, 6) is 0.215. The van der Waals surface area contributed by atoms with Gasteiger partial charge in [0.15, 0.2) is 5.96 Å². The fraction of sp³-hybridized carbons (Fsp3) is 0.300. The minimum Gasteiger partial charge on any atom is -0.357 e. The van der Waals surface area contributed by atoms with Gasteiger partial charge in [-0.25, -0.2) is 9.38 Å². The lowest BCUT2D eigenvalue weighted by atomic mass is 10.0. The molecule has 26 heavy (non-hydrogen) atoms. The van der Waals surface area contributed by atoms with Crippen LogP contribution in [0.3, 0.4) is 0 Å². The van der Waals surface area contributed by atoms with E-state index in [9.17, 15) is 4.39 Å². The van der Waals surface area contributed by atoms with Crippen LogP contribution >= 0.6 is 24.0 Å². The van der Waals surface area contributed by atoms with Crippen LogP contribution in [-0.4, -0.2) is 12.5 Å². The fourth-order valence-corrected chi connectivity index (χ4v) is 2.58. The van der Waals surface area contributed by atoms with E-state index in [1.54, 1.807) is 12.1 Å². The third-order valence-corrected chi connectivity index (χ3v) is 3.94. The number of nitriles is 1. The molecular weight excluding hydrogens is 442 g/mol. The summed E-state index contributed by atoms with van der Waals surface area (Å²) in [6, 6.07) is 14.6. The normalized spacial score (nSPS) is 11.9. The van der Waals surface area contributed by atoms with Crippen molar-refractivity contribution in [2.75, 3.05) is 6.54 Å². The van der Waals surface area contributed by atoms with Crippen LogP contribution in [0.5, 0.6) is 0 Å². The molecule has 6 heteroatoms. The molecule has 4 nitrogen and oxygen atoms in total. The fourth-order valence-electron chi connectivity index (χ4n) is 2.58. The highest BCUT2D eigenvalue weighted by Gasteiger charge is 2.10. The molecule has 0 heterocycles. The minimum atomic E-state index is -0.411. The standard InChI is InChI=1S/C20H23FN4.HI/c1-4-23-20(25-15(3)18-8-6-5-7-14(18)2)24-13-17-10-9-16(12-22)11-19(17)21;/h5-11,15H,4,13H2,1-3H3,(H2,23,24,25);1H. The highest BCUT2D eigenvalue weighted by atomic mass is 127. The molecular formula is C20H24FIN4. The maximum absolute atomic E-state index is 14.0. The average Bonchev–Trinajstić information content (AvgIpc) is 2.60. The summed E-state index contributed by atoms with van der Waals surface area (Å²) in [6.45, 7) is 7.04. The van der Waals surface area contributed by atoms with Crippen molar-refractivity contribution in [3.63, 3.8) is 0 Å². The summed E-state index contributed by atoms with van der Waals surface area (Å²) in [7, 11) is 0. The zero-order chi connectivity index (χ0) is 18.2. The molecule has 0 spiro atoms. The Balaban J connectivity index is 0.00000338. The minimum absolute atomic E-state index is 0. The van der Waals surface area contributed by atoms with E-state index in [0.717, 1.165) is 0 Å². The van der Waals surface area contributed by atoms with Crippen LogP contribution in [0.25, 0.3) is 0 Å². The predicted molar refractivity (Wildman–Crippen MR) is 114 cm³/mol. The number of aryl methyl sites for hydroxylation is 1. The van der Waals surface area contributed by atoms with E-state index in [-0.39, 0.29) is 36.6 Å². The van der Waals surface area contributed by atoms with E-state index >= 15 is 0 Å². The van der Waals surface area contributed by atoms with Crippen molar-refractivity contribution in [3.05, 3.63) is 70.5 Å². The van der Waals surface area contributed by atoms with Gasteiger partial charge in [-0.3, -0.25) is 0 Å². The number of aliphatic imine (C=N–C) groups is 1. The number of hydrogen-bond acceptors (Lipinski definition) is 2. The van der Waals surface area contributed by atoms with E-state index in [0.29, 0.717) is 23.6 Å². The van der Waals surface area contributed by atoms with Crippen LogP contribution in [0.1, 0.15) is 42.1 Å². The Labute approximate surface area is 171 Å². The molecule has 2 rings (SSSR count). The maximum atomic E-state index is 14.0. The highest BCUT2D eigenvalue weighted by molar-refractivity contribution is 14.0. The Morgan fingerprint density at radius 1 is 1.27 bits per heavy atom. The van der Waals surface area contributed by atoms with Crippen LogP contribution < -0.4 is 10.6 Å². The smallest absolute Gasteiger partial charge is 0.192 e. The zero-order valence-corrected chi connectivity index (χ0v) is 17.5. The number of benzene rings is 2. The third-order valence-electron chi connectivity index (χ3n) is 3.94. The second-order valence-corrected chi connectivity index (χ2v) is 5.84. The summed E-state index contributed by atoms with van der Waals surface area (Å²) in [6.07, 6.45) is 0. The number of hydrogen-bond donors (Lipinski definition) is 2. The lowest BCUT2D eigenvalue weighted by Crippen LogP contribution is -2.38. The molecule has 0 aromatic heterocycles. The Morgan fingerprint density at radius 3 is 2.62 bits per heavy atom. The molecule has 0 aliphatic carbocycles. The zero-order valence-electron chi connectivity index (χ0n) is 15.2. The average molecular weight is 466 g/mol. The lowest BCUT2D eigenvalue weighted by molar-refractivity contribution is 0.609. The molecule has 2 N–H and O–H groups in total. The summed E-state index contributed by atoms with van der Waals surface area (Å²) in [5, 5.41) is 15.3. The van der Waals surface area contributed by atoms with Gasteiger partial charge < -0.3 is 10.6 Å². The molecule has 0 aliphatic heterocycles. The molecule has 0 fully saturated rings. The van der Waals surface area contributed by atoms with Crippen LogP contribution in [-0.2, 0) is 6.54 Å². The van der Waals surface area contributed by atoms with Gasteiger partial charge in [-0.1, -0.05) is 30.3 Å². The van der Waals surface area contributed by atoms with Gasteiger partial charge in [0.25, 0.3) is 0 Å². The Bertz CT molecular complexity index is 799. The first-order valence-corrected chi connectivity index (χ1v) is 8.34. The maximum Gasteiger partial charge on any atom is 0.192 e. The summed E-state index contributed by atoms with van der Waals surface area (Å²) >= 11 is 0. The van der Waals surface area contributed by atoms with Crippen molar-refractivity contribution < 1.29 is 4.39 Å². The van der Waals surface area contributed by atoms with Gasteiger partial charge in [-0.2, -0.15) is 5.26 Å². The first-order valence-electron chi connectivity index (χ1n) is 8.34. The molecule has 0 radical (unpaired) electrons. The SMILES string of the molecule is CCNC(=NCc1ccc(C#N)cc1F)NC(C)c1ccccc1C.I. The predicted octanol–water partition coefficient (Wildman–Crippen LogP) is 4.44. The van der Waals surface area contributed by atoms with Crippen molar-refractivity contribution in [3.8, 4) is 6.07 Å². The van der Waals surface area contributed by atoms with Crippen molar-refractivity contribution in [1.29, 1.82) is 5.26 Å². The molecule has 0 saturated heterocycles. The molecule has 2 aromatic rings. The quantitative estimate of drug-likeness (QED) is 0.389. The number of rotatable bonds is 5. The van der Waals surface area contributed by atoms with Crippen LogP contribution in [0.4, 0.5) is 4.39 Å². The Hall–Kier alpha value is -2.14. The largest absolute Gasteiger partial charge is 0.357 e. The van der Waals surface area contributed by atoms with Gasteiger partial charge in [0.2, 0.25) is 0 Å². The van der Waals surface area contributed by atoms with E-state index in [1.807, 2.05) is 25.1 Å². The number of guanidine groups is 1. The lowest BCUT2D eigenvalue weighted by Gasteiger charge is -2.19. The Kier molecular flexibility index (Phi) is 9.07. The topological polar surface area (TPSA) is 60.2 Å². The van der Waals surface area contributed by atoms with Crippen LogP contribution in [0, 0.1) is 24.1 Å². The number of nitrogens with zero attached hydrogens (tertiary/aromatic N) is 2.